The average molecular weight is 248 g/mol. The summed E-state index contributed by atoms with van der Waals surface area (Å²) in [6.45, 7) is 5.41. The second-order valence-corrected chi connectivity index (χ2v) is 7.20. The molecule has 0 aromatic heterocycles. The van der Waals surface area contributed by atoms with Crippen LogP contribution in [0.2, 0.25) is 0 Å². The van der Waals surface area contributed by atoms with Crippen LogP contribution in [0.1, 0.15) is 39.5 Å². The Morgan fingerprint density at radius 2 is 1.88 bits per heavy atom. The van der Waals surface area contributed by atoms with Crippen molar-refractivity contribution in [3.8, 4) is 0 Å². The summed E-state index contributed by atoms with van der Waals surface area (Å²) in [6, 6.07) is 0.405. The Kier molecular flexibility index (Phi) is 5.21. The van der Waals surface area contributed by atoms with Gasteiger partial charge >= 0.3 is 0 Å². The standard InChI is InChI=1S/C11H24N2O2S/c1-10(2)12-8-9-13(3)16(14,15)11-6-4-5-7-11/h10-12H,4-9H2,1-3H3. The van der Waals surface area contributed by atoms with Crippen molar-refractivity contribution in [3.05, 3.63) is 0 Å². The van der Waals surface area contributed by atoms with Crippen LogP contribution in [0.4, 0.5) is 0 Å². The second kappa shape index (κ2) is 5.98. The van der Waals surface area contributed by atoms with E-state index >= 15 is 0 Å². The molecule has 5 heteroatoms. The van der Waals surface area contributed by atoms with Crippen molar-refractivity contribution in [1.29, 1.82) is 0 Å². The van der Waals surface area contributed by atoms with Crippen molar-refractivity contribution >= 4 is 10.0 Å². The van der Waals surface area contributed by atoms with E-state index in [4.69, 9.17) is 0 Å². The maximum Gasteiger partial charge on any atom is 0.216 e. The van der Waals surface area contributed by atoms with Crippen LogP contribution in [0.15, 0.2) is 0 Å². The first-order valence-electron chi connectivity index (χ1n) is 6.13. The van der Waals surface area contributed by atoms with Crippen molar-refractivity contribution in [2.45, 2.75) is 50.8 Å². The van der Waals surface area contributed by atoms with Crippen molar-refractivity contribution in [3.63, 3.8) is 0 Å². The molecule has 0 radical (unpaired) electrons. The van der Waals surface area contributed by atoms with E-state index in [0.717, 1.165) is 32.2 Å². The highest BCUT2D eigenvalue weighted by atomic mass is 32.2. The summed E-state index contributed by atoms with van der Waals surface area (Å²) in [5.74, 6) is 0. The van der Waals surface area contributed by atoms with Crippen LogP contribution >= 0.6 is 0 Å². The molecule has 0 atom stereocenters. The number of hydrogen-bond acceptors (Lipinski definition) is 3. The molecule has 1 aliphatic carbocycles. The Bertz CT molecular complexity index is 295. The lowest BCUT2D eigenvalue weighted by Gasteiger charge is -2.22. The Morgan fingerprint density at radius 3 is 2.38 bits per heavy atom. The van der Waals surface area contributed by atoms with Gasteiger partial charge in [-0.25, -0.2) is 12.7 Å². The first-order valence-corrected chi connectivity index (χ1v) is 7.63. The lowest BCUT2D eigenvalue weighted by atomic mass is 10.4. The molecule has 0 amide bonds. The third kappa shape index (κ3) is 3.71. The molecular weight excluding hydrogens is 224 g/mol. The van der Waals surface area contributed by atoms with Gasteiger partial charge in [0, 0.05) is 26.2 Å². The summed E-state index contributed by atoms with van der Waals surface area (Å²) >= 11 is 0. The Hall–Kier alpha value is -0.130. The minimum atomic E-state index is -3.04. The summed E-state index contributed by atoms with van der Waals surface area (Å²) in [7, 11) is -1.35. The number of sulfonamides is 1. The second-order valence-electron chi connectivity index (χ2n) is 4.88. The fourth-order valence-corrected chi connectivity index (χ4v) is 3.86. The minimum absolute atomic E-state index is 0.128. The molecule has 96 valence electrons. The number of likely N-dealkylation sites (N-methyl/N-ethyl adjacent to an activating group) is 1. The first kappa shape index (κ1) is 13.9. The molecule has 0 unspecified atom stereocenters. The maximum absolute atomic E-state index is 12.1. The average Bonchev–Trinajstić information content (AvgIpc) is 2.69. The lowest BCUT2D eigenvalue weighted by molar-refractivity contribution is 0.439. The predicted molar refractivity (Wildman–Crippen MR) is 66.9 cm³/mol. The van der Waals surface area contributed by atoms with E-state index in [1.165, 1.54) is 4.31 Å². The predicted octanol–water partition coefficient (Wildman–Crippen LogP) is 1.19. The number of nitrogens with one attached hydrogen (secondary N) is 1. The zero-order chi connectivity index (χ0) is 12.2. The summed E-state index contributed by atoms with van der Waals surface area (Å²) in [6.07, 6.45) is 3.79. The molecule has 0 bridgehead atoms. The van der Waals surface area contributed by atoms with Gasteiger partial charge in [0.2, 0.25) is 10.0 Å². The quantitative estimate of drug-likeness (QED) is 0.768. The number of hydrogen-bond donors (Lipinski definition) is 1. The van der Waals surface area contributed by atoms with Gasteiger partial charge < -0.3 is 5.32 Å². The van der Waals surface area contributed by atoms with Gasteiger partial charge in [-0.2, -0.15) is 0 Å². The maximum atomic E-state index is 12.1. The topological polar surface area (TPSA) is 49.4 Å². The summed E-state index contributed by atoms with van der Waals surface area (Å²) < 4.78 is 25.7. The largest absolute Gasteiger partial charge is 0.313 e. The van der Waals surface area contributed by atoms with E-state index in [2.05, 4.69) is 19.2 Å². The van der Waals surface area contributed by atoms with Crippen LogP contribution in [-0.2, 0) is 10.0 Å². The summed E-state index contributed by atoms with van der Waals surface area (Å²) in [4.78, 5) is 0. The molecule has 0 aromatic rings. The van der Waals surface area contributed by atoms with Gasteiger partial charge in [-0.1, -0.05) is 26.7 Å². The zero-order valence-electron chi connectivity index (χ0n) is 10.6. The molecule has 16 heavy (non-hydrogen) atoms. The van der Waals surface area contributed by atoms with Crippen molar-refractivity contribution in [2.24, 2.45) is 0 Å². The smallest absolute Gasteiger partial charge is 0.216 e. The van der Waals surface area contributed by atoms with E-state index in [1.54, 1.807) is 7.05 Å². The fourth-order valence-electron chi connectivity index (χ4n) is 2.08. The van der Waals surface area contributed by atoms with E-state index in [1.807, 2.05) is 0 Å². The van der Waals surface area contributed by atoms with Crippen LogP contribution < -0.4 is 5.32 Å². The van der Waals surface area contributed by atoms with Gasteiger partial charge in [-0.15, -0.1) is 0 Å². The summed E-state index contributed by atoms with van der Waals surface area (Å²) in [5.41, 5.74) is 0. The molecule has 0 spiro atoms. The van der Waals surface area contributed by atoms with Gasteiger partial charge in [0.15, 0.2) is 0 Å². The molecule has 4 nitrogen and oxygen atoms in total. The number of nitrogens with zero attached hydrogens (tertiary/aromatic N) is 1. The lowest BCUT2D eigenvalue weighted by Crippen LogP contribution is -2.40. The monoisotopic (exact) mass is 248 g/mol. The van der Waals surface area contributed by atoms with Crippen molar-refractivity contribution in [2.75, 3.05) is 20.1 Å². The van der Waals surface area contributed by atoms with E-state index in [-0.39, 0.29) is 5.25 Å². The zero-order valence-corrected chi connectivity index (χ0v) is 11.4. The first-order chi connectivity index (χ1) is 7.44. The minimum Gasteiger partial charge on any atom is -0.313 e. The van der Waals surface area contributed by atoms with Gasteiger partial charge in [0.1, 0.15) is 0 Å². The normalized spacial score (nSPS) is 18.8. The highest BCUT2D eigenvalue weighted by Crippen LogP contribution is 2.26. The summed E-state index contributed by atoms with van der Waals surface area (Å²) in [5, 5.41) is 3.10. The highest BCUT2D eigenvalue weighted by Gasteiger charge is 2.31. The Balaban J connectivity index is 2.42. The molecule has 1 saturated carbocycles. The molecule has 1 rings (SSSR count). The Labute approximate surface area is 99.5 Å². The molecule has 1 aliphatic rings. The number of rotatable bonds is 6. The van der Waals surface area contributed by atoms with Crippen molar-refractivity contribution < 1.29 is 8.42 Å². The van der Waals surface area contributed by atoms with Gasteiger partial charge in [0.05, 0.1) is 5.25 Å². The molecular formula is C11H24N2O2S. The molecule has 1 N–H and O–H groups in total. The van der Waals surface area contributed by atoms with Crippen LogP contribution in [0, 0.1) is 0 Å². The Morgan fingerprint density at radius 1 is 1.31 bits per heavy atom. The van der Waals surface area contributed by atoms with Crippen LogP contribution in [0.5, 0.6) is 0 Å². The van der Waals surface area contributed by atoms with E-state index in [9.17, 15) is 8.42 Å². The van der Waals surface area contributed by atoms with Crippen LogP contribution in [0.3, 0.4) is 0 Å². The molecule has 0 heterocycles. The van der Waals surface area contributed by atoms with E-state index < -0.39 is 10.0 Å². The third-order valence-corrected chi connectivity index (χ3v) is 5.50. The molecule has 0 saturated heterocycles. The fraction of sp³-hybridized carbons (Fsp3) is 1.00. The van der Waals surface area contributed by atoms with Crippen molar-refractivity contribution in [1.82, 2.24) is 9.62 Å². The SMILES string of the molecule is CC(C)NCCN(C)S(=O)(=O)C1CCCC1. The highest BCUT2D eigenvalue weighted by molar-refractivity contribution is 7.89. The third-order valence-electron chi connectivity index (χ3n) is 3.14. The van der Waals surface area contributed by atoms with Gasteiger partial charge in [0.25, 0.3) is 0 Å². The molecule has 0 aliphatic heterocycles. The van der Waals surface area contributed by atoms with Gasteiger partial charge in [-0.05, 0) is 12.8 Å². The van der Waals surface area contributed by atoms with Gasteiger partial charge in [-0.3, -0.25) is 0 Å². The van der Waals surface area contributed by atoms with Crippen LogP contribution in [0.25, 0.3) is 0 Å². The molecule has 0 aromatic carbocycles. The van der Waals surface area contributed by atoms with Crippen LogP contribution in [-0.4, -0.2) is 44.2 Å². The van der Waals surface area contributed by atoms with E-state index in [0.29, 0.717) is 12.6 Å². The molecule has 1 fully saturated rings.